The summed E-state index contributed by atoms with van der Waals surface area (Å²) in [5.41, 5.74) is 20.9. The Morgan fingerprint density at radius 1 is 0.160 bits per heavy atom. The highest BCUT2D eigenvalue weighted by molar-refractivity contribution is 6.28. The molecule has 0 aliphatic carbocycles. The summed E-state index contributed by atoms with van der Waals surface area (Å²) in [5, 5.41) is 9.52. The van der Waals surface area contributed by atoms with Gasteiger partial charge in [-0.05, 0) is 120 Å². The second-order valence-corrected chi connectivity index (χ2v) is 25.4. The maximum Gasteiger partial charge on any atom is 0.164 e. The first-order chi connectivity index (χ1) is 49.6. The van der Waals surface area contributed by atoms with Gasteiger partial charge in [0.25, 0.3) is 0 Å². The second-order valence-electron chi connectivity index (χ2n) is 25.4. The first-order valence-corrected chi connectivity index (χ1v) is 33.7. The lowest BCUT2D eigenvalue weighted by Crippen LogP contribution is -2.01. The molecule has 10 heteroatoms. The van der Waals surface area contributed by atoms with Gasteiger partial charge in [-0.2, -0.15) is 0 Å². The van der Waals surface area contributed by atoms with E-state index in [0.717, 1.165) is 111 Å². The minimum absolute atomic E-state index is 0.585. The van der Waals surface area contributed by atoms with Gasteiger partial charge in [-0.25, -0.2) is 29.9 Å². The van der Waals surface area contributed by atoms with Gasteiger partial charge in [-0.1, -0.05) is 231 Å². The first-order valence-electron chi connectivity index (χ1n) is 33.7. The standard InChI is InChI=1S/C90H56N10/c1-6-22-58(23-7-1)85-91-86(59-24-8-2-9-25-59)94-89(93-85)63-44-49-68(50-45-63)100-80-56-64(46-51-70(80)72-53-55-78-82(84(72)100)73-33-17-20-36-76(73)97(78)65-28-12-4-13-29-65)57-38-40-61(41-39-57)88-92-87(60-26-10-3-11-27-60)95-90(96-88)62-42-47-67(48-43-62)98-77-37-21-18-34-74(77)81-79(98)54-52-71-69-32-16-19-35-75(69)99(83(71)81)66-30-14-5-15-31-66/h1-56H. The molecular formula is C90H56N10. The van der Waals surface area contributed by atoms with Crippen molar-refractivity contribution in [3.05, 3.63) is 340 Å². The number of rotatable bonds is 11. The number of para-hydroxylation sites is 5. The molecule has 20 rings (SSSR count). The molecule has 0 amide bonds. The number of benzene rings is 14. The quantitative estimate of drug-likeness (QED) is 0.128. The summed E-state index contributed by atoms with van der Waals surface area (Å²) < 4.78 is 9.66. The van der Waals surface area contributed by atoms with Crippen LogP contribution in [0.4, 0.5) is 0 Å². The van der Waals surface area contributed by atoms with Gasteiger partial charge in [0.2, 0.25) is 0 Å². The molecule has 0 radical (unpaired) electrons. The Labute approximate surface area is 574 Å². The summed E-state index contributed by atoms with van der Waals surface area (Å²) in [5.74, 6) is 3.61. The topological polar surface area (TPSA) is 97.1 Å². The molecule has 0 fully saturated rings. The zero-order valence-electron chi connectivity index (χ0n) is 53.8. The molecule has 0 N–H and O–H groups in total. The lowest BCUT2D eigenvalue weighted by Gasteiger charge is -2.12. The summed E-state index contributed by atoms with van der Waals surface area (Å²) in [4.78, 5) is 30.9. The fraction of sp³-hybridized carbons (Fsp3) is 0. The molecule has 466 valence electrons. The fourth-order valence-corrected chi connectivity index (χ4v) is 15.1. The van der Waals surface area contributed by atoms with Crippen molar-refractivity contribution >= 4 is 87.2 Å². The van der Waals surface area contributed by atoms with E-state index in [1.54, 1.807) is 0 Å². The molecule has 20 aromatic rings. The molecule has 0 unspecified atom stereocenters. The summed E-state index contributed by atoms with van der Waals surface area (Å²) in [6, 6.07) is 120. The van der Waals surface area contributed by atoms with Crippen LogP contribution < -0.4 is 0 Å². The van der Waals surface area contributed by atoms with Crippen LogP contribution in [0.15, 0.2) is 340 Å². The number of fused-ring (bicyclic) bond motifs is 14. The number of aromatic nitrogens is 10. The lowest BCUT2D eigenvalue weighted by molar-refractivity contribution is 1.07. The van der Waals surface area contributed by atoms with Crippen molar-refractivity contribution in [3.8, 4) is 102 Å². The van der Waals surface area contributed by atoms with E-state index in [-0.39, 0.29) is 0 Å². The Balaban J connectivity index is 0.699. The molecule has 0 aliphatic rings. The Bertz CT molecular complexity index is 6520. The van der Waals surface area contributed by atoms with Crippen molar-refractivity contribution in [1.29, 1.82) is 0 Å². The van der Waals surface area contributed by atoms with Crippen molar-refractivity contribution in [2.75, 3.05) is 0 Å². The van der Waals surface area contributed by atoms with Gasteiger partial charge < -0.3 is 18.3 Å². The van der Waals surface area contributed by atoms with Crippen LogP contribution in [0, 0.1) is 0 Å². The van der Waals surface area contributed by atoms with E-state index in [2.05, 4.69) is 279 Å². The van der Waals surface area contributed by atoms with Crippen LogP contribution in [-0.2, 0) is 0 Å². The summed E-state index contributed by atoms with van der Waals surface area (Å²) in [6.07, 6.45) is 0. The number of nitrogens with zero attached hydrogens (tertiary/aromatic N) is 10. The average molecular weight is 1280 g/mol. The number of hydrogen-bond acceptors (Lipinski definition) is 6. The normalized spacial score (nSPS) is 11.8. The number of hydrogen-bond donors (Lipinski definition) is 0. The van der Waals surface area contributed by atoms with Crippen LogP contribution in [0.25, 0.3) is 189 Å². The van der Waals surface area contributed by atoms with Crippen LogP contribution in [0.2, 0.25) is 0 Å². The molecule has 6 aromatic heterocycles. The Hall–Kier alpha value is -13.7. The highest BCUT2D eigenvalue weighted by Crippen LogP contribution is 2.46. The van der Waals surface area contributed by atoms with Gasteiger partial charge in [-0.15, -0.1) is 0 Å². The van der Waals surface area contributed by atoms with Gasteiger partial charge in [0.05, 0.1) is 44.1 Å². The molecule has 0 atom stereocenters. The zero-order chi connectivity index (χ0) is 65.8. The van der Waals surface area contributed by atoms with E-state index in [1.807, 2.05) is 78.9 Å². The van der Waals surface area contributed by atoms with Crippen molar-refractivity contribution in [3.63, 3.8) is 0 Å². The van der Waals surface area contributed by atoms with E-state index in [0.29, 0.717) is 34.9 Å². The van der Waals surface area contributed by atoms with Gasteiger partial charge in [-0.3, -0.25) is 0 Å². The monoisotopic (exact) mass is 1280 g/mol. The maximum atomic E-state index is 5.28. The minimum atomic E-state index is 0.585. The Kier molecular flexibility index (Phi) is 13.0. The third-order valence-corrected chi connectivity index (χ3v) is 19.7. The van der Waals surface area contributed by atoms with E-state index in [9.17, 15) is 0 Å². The van der Waals surface area contributed by atoms with Crippen LogP contribution >= 0.6 is 0 Å². The van der Waals surface area contributed by atoms with Crippen LogP contribution in [-0.4, -0.2) is 48.2 Å². The molecule has 100 heavy (non-hydrogen) atoms. The molecule has 0 saturated carbocycles. The summed E-state index contributed by atoms with van der Waals surface area (Å²) in [7, 11) is 0. The first kappa shape index (κ1) is 56.6. The van der Waals surface area contributed by atoms with Crippen LogP contribution in [0.5, 0.6) is 0 Å². The predicted molar refractivity (Wildman–Crippen MR) is 409 cm³/mol. The third-order valence-electron chi connectivity index (χ3n) is 19.7. The van der Waals surface area contributed by atoms with Gasteiger partial charge in [0, 0.05) is 99.2 Å². The van der Waals surface area contributed by atoms with Crippen molar-refractivity contribution in [2.24, 2.45) is 0 Å². The van der Waals surface area contributed by atoms with Gasteiger partial charge in [0.1, 0.15) is 0 Å². The summed E-state index contributed by atoms with van der Waals surface area (Å²) >= 11 is 0. The van der Waals surface area contributed by atoms with Crippen molar-refractivity contribution < 1.29 is 0 Å². The van der Waals surface area contributed by atoms with E-state index in [1.165, 1.54) is 43.4 Å². The zero-order valence-corrected chi connectivity index (χ0v) is 53.8. The highest BCUT2D eigenvalue weighted by atomic mass is 15.1. The SMILES string of the molecule is c1ccc(-c2nc(-c3ccc(-c4ccc5c6ccc7c(c8ccccc8n7-c7ccccc7)c6n(-c6ccc(-c7nc(-c8ccccc8)nc(-c8ccccc8)n7)cc6)c5c4)cc3)nc(-c3ccc(-n4c5ccccc5c5c4ccc4c6ccccc6n(-c6ccccc6)c45)cc3)n2)cc1. The molecule has 0 bridgehead atoms. The van der Waals surface area contributed by atoms with Gasteiger partial charge >= 0.3 is 0 Å². The Morgan fingerprint density at radius 3 is 0.850 bits per heavy atom. The average Bonchev–Trinajstić information content (AvgIpc) is 1.55. The molecular weight excluding hydrogens is 1220 g/mol. The van der Waals surface area contributed by atoms with E-state index in [4.69, 9.17) is 29.9 Å². The van der Waals surface area contributed by atoms with Crippen molar-refractivity contribution in [2.45, 2.75) is 0 Å². The lowest BCUT2D eigenvalue weighted by atomic mass is 10.0. The smallest absolute Gasteiger partial charge is 0.164 e. The molecule has 10 nitrogen and oxygen atoms in total. The second kappa shape index (κ2) is 23.0. The summed E-state index contributed by atoms with van der Waals surface area (Å²) in [6.45, 7) is 0. The van der Waals surface area contributed by atoms with E-state index < -0.39 is 0 Å². The molecule has 0 aliphatic heterocycles. The van der Waals surface area contributed by atoms with Gasteiger partial charge in [0.15, 0.2) is 34.9 Å². The third kappa shape index (κ3) is 9.19. The molecule has 6 heterocycles. The van der Waals surface area contributed by atoms with Crippen LogP contribution in [0.1, 0.15) is 0 Å². The molecule has 0 saturated heterocycles. The Morgan fingerprint density at radius 2 is 0.430 bits per heavy atom. The fourth-order valence-electron chi connectivity index (χ4n) is 15.1. The van der Waals surface area contributed by atoms with Crippen molar-refractivity contribution in [1.82, 2.24) is 48.2 Å². The van der Waals surface area contributed by atoms with Crippen LogP contribution in [0.3, 0.4) is 0 Å². The van der Waals surface area contributed by atoms with E-state index >= 15 is 0 Å². The predicted octanol–water partition coefficient (Wildman–Crippen LogP) is 22.1. The maximum absolute atomic E-state index is 5.28. The molecule has 0 spiro atoms. The largest absolute Gasteiger partial charge is 0.309 e. The molecule has 14 aromatic carbocycles. The minimum Gasteiger partial charge on any atom is -0.309 e. The highest BCUT2D eigenvalue weighted by Gasteiger charge is 2.25.